The van der Waals surface area contributed by atoms with Crippen LogP contribution < -0.4 is 0 Å². The number of benzene rings is 2. The van der Waals surface area contributed by atoms with Gasteiger partial charge in [0, 0.05) is 12.6 Å². The van der Waals surface area contributed by atoms with Crippen molar-refractivity contribution in [1.29, 1.82) is 0 Å². The fraction of sp³-hybridized carbons (Fsp3) is 0.0714. The minimum atomic E-state index is -0.413. The molecule has 3 heteroatoms. The van der Waals surface area contributed by atoms with Gasteiger partial charge >= 0.3 is 0 Å². The second kappa shape index (κ2) is 4.80. The maximum Gasteiger partial charge on any atom is 0.277 e. The molecule has 2 rings (SSSR count). The lowest BCUT2D eigenvalue weighted by Crippen LogP contribution is -2.23. The van der Waals surface area contributed by atoms with Gasteiger partial charge in [-0.2, -0.15) is 0 Å². The van der Waals surface area contributed by atoms with Crippen molar-refractivity contribution in [2.75, 3.05) is 7.05 Å². The highest BCUT2D eigenvalue weighted by Crippen LogP contribution is 2.23. The number of hydrogen-bond acceptors (Lipinski definition) is 2. The molecule has 0 aliphatic rings. The zero-order valence-electron chi connectivity index (χ0n) is 9.50. The van der Waals surface area contributed by atoms with Gasteiger partial charge in [-0.25, -0.2) is 5.06 Å². The van der Waals surface area contributed by atoms with E-state index in [0.29, 0.717) is 10.6 Å². The van der Waals surface area contributed by atoms with Crippen LogP contribution in [0.3, 0.4) is 0 Å². The van der Waals surface area contributed by atoms with Crippen molar-refractivity contribution in [2.45, 2.75) is 0 Å². The van der Waals surface area contributed by atoms with Crippen molar-refractivity contribution < 1.29 is 10.0 Å². The highest BCUT2D eigenvalue weighted by molar-refractivity contribution is 6.00. The average Bonchev–Trinajstić information content (AvgIpc) is 2.39. The number of hydroxylamine groups is 2. The molecule has 1 N–H and O–H groups in total. The normalized spacial score (nSPS) is 10.0. The Labute approximate surface area is 99.9 Å². The molecular formula is C14H13NO2. The van der Waals surface area contributed by atoms with E-state index in [-0.39, 0.29) is 0 Å². The Bertz CT molecular complexity index is 521. The van der Waals surface area contributed by atoms with Crippen LogP contribution in [-0.2, 0) is 0 Å². The predicted octanol–water partition coefficient (Wildman–Crippen LogP) is 2.81. The van der Waals surface area contributed by atoms with Gasteiger partial charge in [0.25, 0.3) is 5.91 Å². The number of amides is 1. The van der Waals surface area contributed by atoms with Crippen LogP contribution in [0.15, 0.2) is 54.6 Å². The zero-order chi connectivity index (χ0) is 12.3. The van der Waals surface area contributed by atoms with E-state index >= 15 is 0 Å². The maximum atomic E-state index is 11.8. The van der Waals surface area contributed by atoms with Gasteiger partial charge in [-0.1, -0.05) is 48.5 Å². The molecule has 0 saturated carbocycles. The SMILES string of the molecule is CN(O)C(=O)c1ccccc1-c1ccccc1. The lowest BCUT2D eigenvalue weighted by atomic mass is 9.99. The fourth-order valence-electron chi connectivity index (χ4n) is 1.71. The molecule has 2 aromatic carbocycles. The van der Waals surface area contributed by atoms with Crippen LogP contribution in [0.4, 0.5) is 0 Å². The highest BCUT2D eigenvalue weighted by atomic mass is 16.5. The van der Waals surface area contributed by atoms with E-state index in [1.165, 1.54) is 7.05 Å². The summed E-state index contributed by atoms with van der Waals surface area (Å²) in [5.74, 6) is -0.413. The van der Waals surface area contributed by atoms with Crippen molar-refractivity contribution in [3.05, 3.63) is 60.2 Å². The van der Waals surface area contributed by atoms with E-state index in [1.807, 2.05) is 42.5 Å². The van der Waals surface area contributed by atoms with Crippen LogP contribution in [0, 0.1) is 0 Å². The van der Waals surface area contributed by atoms with Gasteiger partial charge in [0.1, 0.15) is 0 Å². The molecule has 0 aliphatic heterocycles. The van der Waals surface area contributed by atoms with Crippen molar-refractivity contribution in [2.24, 2.45) is 0 Å². The first-order valence-electron chi connectivity index (χ1n) is 5.31. The van der Waals surface area contributed by atoms with Gasteiger partial charge in [0.15, 0.2) is 0 Å². The monoisotopic (exact) mass is 227 g/mol. The van der Waals surface area contributed by atoms with Gasteiger partial charge in [-0.15, -0.1) is 0 Å². The topological polar surface area (TPSA) is 40.5 Å². The van der Waals surface area contributed by atoms with Crippen LogP contribution in [0.2, 0.25) is 0 Å². The molecule has 0 heterocycles. The van der Waals surface area contributed by atoms with Crippen LogP contribution in [0.5, 0.6) is 0 Å². The lowest BCUT2D eigenvalue weighted by molar-refractivity contribution is -0.0374. The van der Waals surface area contributed by atoms with E-state index < -0.39 is 5.91 Å². The zero-order valence-corrected chi connectivity index (χ0v) is 9.50. The second-order valence-corrected chi connectivity index (χ2v) is 3.74. The largest absolute Gasteiger partial charge is 0.286 e. The summed E-state index contributed by atoms with van der Waals surface area (Å²) in [4.78, 5) is 11.8. The maximum absolute atomic E-state index is 11.8. The number of nitrogens with zero attached hydrogens (tertiary/aromatic N) is 1. The van der Waals surface area contributed by atoms with E-state index in [4.69, 9.17) is 0 Å². The summed E-state index contributed by atoms with van der Waals surface area (Å²) in [5.41, 5.74) is 2.26. The molecule has 0 spiro atoms. The molecular weight excluding hydrogens is 214 g/mol. The molecule has 1 amide bonds. The molecule has 0 aliphatic carbocycles. The van der Waals surface area contributed by atoms with Crippen LogP contribution in [-0.4, -0.2) is 23.2 Å². The van der Waals surface area contributed by atoms with Gasteiger partial charge in [0.05, 0.1) is 0 Å². The highest BCUT2D eigenvalue weighted by Gasteiger charge is 2.14. The van der Waals surface area contributed by atoms with Crippen molar-refractivity contribution >= 4 is 5.91 Å². The van der Waals surface area contributed by atoms with E-state index in [1.54, 1.807) is 12.1 Å². The Balaban J connectivity index is 2.52. The number of carbonyl (C=O) groups is 1. The summed E-state index contributed by atoms with van der Waals surface area (Å²) < 4.78 is 0. The molecule has 0 fully saturated rings. The van der Waals surface area contributed by atoms with Crippen molar-refractivity contribution in [3.63, 3.8) is 0 Å². The Morgan fingerprint density at radius 1 is 1.00 bits per heavy atom. The van der Waals surface area contributed by atoms with Crippen LogP contribution >= 0.6 is 0 Å². The van der Waals surface area contributed by atoms with Crippen molar-refractivity contribution in [1.82, 2.24) is 5.06 Å². The lowest BCUT2D eigenvalue weighted by Gasteiger charge is -2.12. The molecule has 0 bridgehead atoms. The minimum absolute atomic E-state index is 0.413. The molecule has 0 unspecified atom stereocenters. The average molecular weight is 227 g/mol. The Hall–Kier alpha value is -2.13. The summed E-state index contributed by atoms with van der Waals surface area (Å²) in [7, 11) is 1.32. The Kier molecular flexibility index (Phi) is 3.21. The molecule has 0 saturated heterocycles. The molecule has 2 aromatic rings. The van der Waals surface area contributed by atoms with Crippen molar-refractivity contribution in [3.8, 4) is 11.1 Å². The third-order valence-corrected chi connectivity index (χ3v) is 2.54. The molecule has 86 valence electrons. The number of carbonyl (C=O) groups excluding carboxylic acids is 1. The summed E-state index contributed by atoms with van der Waals surface area (Å²) in [6.07, 6.45) is 0. The van der Waals surface area contributed by atoms with E-state index in [9.17, 15) is 10.0 Å². The van der Waals surface area contributed by atoms with E-state index in [2.05, 4.69) is 0 Å². The standard InChI is InChI=1S/C14H13NO2/c1-15(17)14(16)13-10-6-5-9-12(13)11-7-3-2-4-8-11/h2-10,17H,1H3. The Morgan fingerprint density at radius 2 is 1.59 bits per heavy atom. The second-order valence-electron chi connectivity index (χ2n) is 3.74. The molecule has 0 radical (unpaired) electrons. The van der Waals surface area contributed by atoms with Gasteiger partial charge in [-0.05, 0) is 17.2 Å². The summed E-state index contributed by atoms with van der Waals surface area (Å²) in [6, 6.07) is 16.8. The summed E-state index contributed by atoms with van der Waals surface area (Å²) >= 11 is 0. The summed E-state index contributed by atoms with van der Waals surface area (Å²) in [5, 5.41) is 9.83. The quantitative estimate of drug-likeness (QED) is 0.633. The van der Waals surface area contributed by atoms with Gasteiger partial charge in [-0.3, -0.25) is 10.0 Å². The molecule has 3 nitrogen and oxygen atoms in total. The smallest absolute Gasteiger partial charge is 0.277 e. The third-order valence-electron chi connectivity index (χ3n) is 2.54. The molecule has 17 heavy (non-hydrogen) atoms. The first-order valence-corrected chi connectivity index (χ1v) is 5.31. The van der Waals surface area contributed by atoms with Gasteiger partial charge < -0.3 is 0 Å². The number of hydrogen-bond donors (Lipinski definition) is 1. The minimum Gasteiger partial charge on any atom is -0.286 e. The third kappa shape index (κ3) is 2.34. The first kappa shape index (κ1) is 11.4. The van der Waals surface area contributed by atoms with E-state index in [0.717, 1.165) is 11.1 Å². The fourth-order valence-corrected chi connectivity index (χ4v) is 1.71. The molecule has 0 aromatic heterocycles. The number of rotatable bonds is 2. The molecule has 0 atom stereocenters. The first-order chi connectivity index (χ1) is 8.20. The Morgan fingerprint density at radius 3 is 2.24 bits per heavy atom. The van der Waals surface area contributed by atoms with Crippen LogP contribution in [0.1, 0.15) is 10.4 Å². The van der Waals surface area contributed by atoms with Gasteiger partial charge in [0.2, 0.25) is 0 Å². The predicted molar refractivity (Wildman–Crippen MR) is 65.8 cm³/mol. The van der Waals surface area contributed by atoms with Crippen LogP contribution in [0.25, 0.3) is 11.1 Å². The summed E-state index contributed by atoms with van der Waals surface area (Å²) in [6.45, 7) is 0.